The van der Waals surface area contributed by atoms with Crippen molar-refractivity contribution < 1.29 is 13.9 Å². The maximum absolute atomic E-state index is 13.6. The number of rotatable bonds is 2. The van der Waals surface area contributed by atoms with E-state index in [4.69, 9.17) is 20.6 Å². The van der Waals surface area contributed by atoms with Gasteiger partial charge in [-0.05, 0) is 31.2 Å². The molecule has 1 atom stereocenters. The van der Waals surface area contributed by atoms with E-state index < -0.39 is 0 Å². The topological polar surface area (TPSA) is 68.3 Å². The van der Waals surface area contributed by atoms with Crippen LogP contribution in [0.4, 0.5) is 4.39 Å². The van der Waals surface area contributed by atoms with Gasteiger partial charge in [0, 0.05) is 11.1 Å². The standard InChI is InChI=1S/C16H15FN2O2/c1-9-2-4-14-11(6-9)13(8-20-16(18)19)12-7-10(17)3-5-15(12)21-14/h2-7,13H,8H2,1H3,(H3,18,19). The summed E-state index contributed by atoms with van der Waals surface area (Å²) in [4.78, 5) is 0. The van der Waals surface area contributed by atoms with Crippen LogP contribution in [0.25, 0.3) is 0 Å². The third-order valence-electron chi connectivity index (χ3n) is 3.51. The van der Waals surface area contributed by atoms with Gasteiger partial charge in [0.25, 0.3) is 6.02 Å². The zero-order valence-corrected chi connectivity index (χ0v) is 11.5. The third kappa shape index (κ3) is 2.54. The van der Waals surface area contributed by atoms with E-state index in [2.05, 4.69) is 0 Å². The van der Waals surface area contributed by atoms with E-state index in [0.717, 1.165) is 16.9 Å². The average molecular weight is 286 g/mol. The van der Waals surface area contributed by atoms with E-state index in [1.54, 1.807) is 6.07 Å². The van der Waals surface area contributed by atoms with Crippen LogP contribution in [0.1, 0.15) is 22.6 Å². The summed E-state index contributed by atoms with van der Waals surface area (Å²) in [6.07, 6.45) is 0. The predicted octanol–water partition coefficient (Wildman–Crippen LogP) is 3.28. The molecule has 0 radical (unpaired) electrons. The molecule has 0 saturated carbocycles. The van der Waals surface area contributed by atoms with Gasteiger partial charge < -0.3 is 15.2 Å². The second-order valence-corrected chi connectivity index (χ2v) is 5.05. The van der Waals surface area contributed by atoms with Crippen molar-refractivity contribution >= 4 is 6.02 Å². The first kappa shape index (κ1) is 13.4. The Labute approximate surface area is 121 Å². The van der Waals surface area contributed by atoms with Crippen molar-refractivity contribution in [3.63, 3.8) is 0 Å². The Bertz CT molecular complexity index is 664. The maximum Gasteiger partial charge on any atom is 0.279 e. The van der Waals surface area contributed by atoms with Crippen LogP contribution in [0, 0.1) is 18.2 Å². The molecule has 1 aliphatic heterocycles. The monoisotopic (exact) mass is 286 g/mol. The van der Waals surface area contributed by atoms with Crippen molar-refractivity contribution in [2.45, 2.75) is 12.8 Å². The van der Waals surface area contributed by atoms with Crippen LogP contribution < -0.4 is 10.5 Å². The molecule has 1 aliphatic rings. The first-order chi connectivity index (χ1) is 10.0. The van der Waals surface area contributed by atoms with Gasteiger partial charge in [-0.2, -0.15) is 0 Å². The van der Waals surface area contributed by atoms with Crippen LogP contribution in [0.15, 0.2) is 36.4 Å². The summed E-state index contributed by atoms with van der Waals surface area (Å²) < 4.78 is 24.5. The van der Waals surface area contributed by atoms with Gasteiger partial charge in [0.2, 0.25) is 0 Å². The van der Waals surface area contributed by atoms with Gasteiger partial charge >= 0.3 is 0 Å². The lowest BCUT2D eigenvalue weighted by Crippen LogP contribution is -2.21. The van der Waals surface area contributed by atoms with Crippen molar-refractivity contribution in [1.29, 1.82) is 5.41 Å². The van der Waals surface area contributed by atoms with E-state index in [9.17, 15) is 4.39 Å². The van der Waals surface area contributed by atoms with Crippen molar-refractivity contribution in [1.82, 2.24) is 0 Å². The molecular formula is C16H15FN2O2. The molecule has 0 fully saturated rings. The van der Waals surface area contributed by atoms with Crippen molar-refractivity contribution in [2.75, 3.05) is 6.61 Å². The number of fused-ring (bicyclic) bond motifs is 2. The zero-order valence-electron chi connectivity index (χ0n) is 11.5. The van der Waals surface area contributed by atoms with Crippen LogP contribution >= 0.6 is 0 Å². The summed E-state index contributed by atoms with van der Waals surface area (Å²) in [5.41, 5.74) is 7.95. The van der Waals surface area contributed by atoms with Gasteiger partial charge in [0.15, 0.2) is 0 Å². The second-order valence-electron chi connectivity index (χ2n) is 5.05. The number of hydrogen-bond donors (Lipinski definition) is 2. The summed E-state index contributed by atoms with van der Waals surface area (Å²) in [6.45, 7) is 2.15. The molecule has 5 heteroatoms. The smallest absolute Gasteiger partial charge is 0.279 e. The molecule has 3 N–H and O–H groups in total. The highest BCUT2D eigenvalue weighted by atomic mass is 19.1. The molecule has 2 aromatic carbocycles. The lowest BCUT2D eigenvalue weighted by atomic mass is 9.87. The molecule has 0 saturated heterocycles. The molecule has 0 amide bonds. The fourth-order valence-electron chi connectivity index (χ4n) is 2.56. The van der Waals surface area contributed by atoms with E-state index in [-0.39, 0.29) is 24.4 Å². The molecule has 1 unspecified atom stereocenters. The number of ether oxygens (including phenoxy) is 2. The fourth-order valence-corrected chi connectivity index (χ4v) is 2.56. The van der Waals surface area contributed by atoms with Gasteiger partial charge in [-0.25, -0.2) is 4.39 Å². The predicted molar refractivity (Wildman–Crippen MR) is 77.4 cm³/mol. The summed E-state index contributed by atoms with van der Waals surface area (Å²) in [5, 5.41) is 7.22. The van der Waals surface area contributed by atoms with E-state index >= 15 is 0 Å². The van der Waals surface area contributed by atoms with Crippen LogP contribution in [0.2, 0.25) is 0 Å². The molecule has 3 rings (SSSR count). The van der Waals surface area contributed by atoms with Crippen molar-refractivity contribution in [3.05, 3.63) is 58.9 Å². The van der Waals surface area contributed by atoms with Gasteiger partial charge in [-0.15, -0.1) is 0 Å². The molecule has 2 aromatic rings. The molecule has 1 heterocycles. The first-order valence-corrected chi connectivity index (χ1v) is 6.59. The number of aryl methyl sites for hydroxylation is 1. The number of nitrogens with two attached hydrogens (primary N) is 1. The molecular weight excluding hydrogens is 271 g/mol. The minimum Gasteiger partial charge on any atom is -0.465 e. The quantitative estimate of drug-likeness (QED) is 0.657. The second kappa shape index (κ2) is 5.09. The zero-order chi connectivity index (χ0) is 15.0. The SMILES string of the molecule is Cc1ccc2c(c1)C(COC(=N)N)c1cc(F)ccc1O2. The normalized spacial score (nSPS) is 15.6. The highest BCUT2D eigenvalue weighted by Gasteiger charge is 2.28. The Kier molecular flexibility index (Phi) is 3.25. The van der Waals surface area contributed by atoms with Gasteiger partial charge in [-0.3, -0.25) is 5.41 Å². The van der Waals surface area contributed by atoms with Gasteiger partial charge in [-0.1, -0.05) is 17.7 Å². The Morgan fingerprint density at radius 2 is 1.90 bits per heavy atom. The Balaban J connectivity index is 2.09. The van der Waals surface area contributed by atoms with Crippen molar-refractivity contribution in [2.24, 2.45) is 5.73 Å². The van der Waals surface area contributed by atoms with Crippen molar-refractivity contribution in [3.8, 4) is 11.5 Å². The number of halogens is 1. The number of benzene rings is 2. The molecule has 21 heavy (non-hydrogen) atoms. The third-order valence-corrected chi connectivity index (χ3v) is 3.51. The molecule has 0 bridgehead atoms. The minimum atomic E-state index is -0.353. The molecule has 0 aromatic heterocycles. The lowest BCUT2D eigenvalue weighted by molar-refractivity contribution is 0.274. The molecule has 4 nitrogen and oxygen atoms in total. The molecule has 0 spiro atoms. The summed E-state index contributed by atoms with van der Waals surface area (Å²) in [6, 6.07) is 9.88. The summed E-state index contributed by atoms with van der Waals surface area (Å²) >= 11 is 0. The number of hydrogen-bond acceptors (Lipinski definition) is 3. The van der Waals surface area contributed by atoms with Crippen LogP contribution in [-0.4, -0.2) is 12.6 Å². The van der Waals surface area contributed by atoms with E-state index in [0.29, 0.717) is 11.3 Å². The molecule has 0 aliphatic carbocycles. The molecule has 108 valence electrons. The largest absolute Gasteiger partial charge is 0.465 e. The summed E-state index contributed by atoms with van der Waals surface area (Å²) in [5.74, 6) is 0.770. The Morgan fingerprint density at radius 1 is 1.24 bits per heavy atom. The van der Waals surface area contributed by atoms with Crippen LogP contribution in [0.5, 0.6) is 11.5 Å². The van der Waals surface area contributed by atoms with Gasteiger partial charge in [0.1, 0.15) is 23.9 Å². The van der Waals surface area contributed by atoms with E-state index in [1.165, 1.54) is 12.1 Å². The highest BCUT2D eigenvalue weighted by molar-refractivity contribution is 5.67. The highest BCUT2D eigenvalue weighted by Crippen LogP contribution is 2.44. The lowest BCUT2D eigenvalue weighted by Gasteiger charge is -2.28. The first-order valence-electron chi connectivity index (χ1n) is 6.59. The maximum atomic E-state index is 13.6. The number of nitrogens with one attached hydrogen (secondary N) is 1. The average Bonchev–Trinajstić information content (AvgIpc) is 2.44. The Hall–Kier alpha value is -2.56. The van der Waals surface area contributed by atoms with E-state index in [1.807, 2.05) is 25.1 Å². The number of amidine groups is 1. The minimum absolute atomic E-state index is 0.172. The van der Waals surface area contributed by atoms with Gasteiger partial charge in [0.05, 0.1) is 5.92 Å². The fraction of sp³-hybridized carbons (Fsp3) is 0.188. The summed E-state index contributed by atoms with van der Waals surface area (Å²) in [7, 11) is 0. The van der Waals surface area contributed by atoms with Crippen LogP contribution in [0.3, 0.4) is 0 Å². The Morgan fingerprint density at radius 3 is 2.62 bits per heavy atom. The van der Waals surface area contributed by atoms with Crippen LogP contribution in [-0.2, 0) is 4.74 Å².